The summed E-state index contributed by atoms with van der Waals surface area (Å²) in [6, 6.07) is 4.56. The average molecular weight is 301 g/mol. The van der Waals surface area contributed by atoms with Crippen molar-refractivity contribution in [3.63, 3.8) is 0 Å². The monoisotopic (exact) mass is 301 g/mol. The van der Waals surface area contributed by atoms with Gasteiger partial charge in [0.2, 0.25) is 10.0 Å². The zero-order valence-corrected chi connectivity index (χ0v) is 12.2. The van der Waals surface area contributed by atoms with Gasteiger partial charge in [-0.2, -0.15) is 4.31 Å². The normalized spacial score (nSPS) is 17.1. The first kappa shape index (κ1) is 15.2. The molecule has 7 heteroatoms. The summed E-state index contributed by atoms with van der Waals surface area (Å²) in [4.78, 5) is 0.173. The largest absolute Gasteiger partial charge is 0.494 e. The Labute approximate surface area is 119 Å². The van der Waals surface area contributed by atoms with Crippen LogP contribution in [0.2, 0.25) is 0 Å². The highest BCUT2D eigenvalue weighted by Crippen LogP contribution is 2.25. The van der Waals surface area contributed by atoms with Gasteiger partial charge >= 0.3 is 0 Å². The molecule has 1 aromatic rings. The van der Waals surface area contributed by atoms with Crippen molar-refractivity contribution in [1.82, 2.24) is 4.31 Å². The van der Waals surface area contributed by atoms with Crippen molar-refractivity contribution in [1.29, 1.82) is 0 Å². The van der Waals surface area contributed by atoms with Crippen LogP contribution in [0.3, 0.4) is 0 Å². The van der Waals surface area contributed by atoms with Crippen LogP contribution < -0.4 is 4.74 Å². The molecule has 0 spiro atoms. The molecular weight excluding hydrogens is 282 g/mol. The number of benzene rings is 1. The molecule has 0 amide bonds. The number of nitrogens with zero attached hydrogens (tertiary/aromatic N) is 1. The van der Waals surface area contributed by atoms with Crippen LogP contribution in [-0.2, 0) is 21.4 Å². The van der Waals surface area contributed by atoms with Crippen LogP contribution in [0.5, 0.6) is 5.75 Å². The summed E-state index contributed by atoms with van der Waals surface area (Å²) in [5.41, 5.74) is 0.473. The fourth-order valence-corrected chi connectivity index (χ4v) is 3.53. The van der Waals surface area contributed by atoms with Gasteiger partial charge in [-0.1, -0.05) is 0 Å². The van der Waals surface area contributed by atoms with Crippen LogP contribution >= 0.6 is 0 Å². The molecule has 0 atom stereocenters. The summed E-state index contributed by atoms with van der Waals surface area (Å²) in [7, 11) is -3.54. The maximum atomic E-state index is 12.5. The van der Waals surface area contributed by atoms with Gasteiger partial charge in [-0.3, -0.25) is 0 Å². The fraction of sp³-hybridized carbons (Fsp3) is 0.538. The molecule has 1 aromatic carbocycles. The Morgan fingerprint density at radius 1 is 1.35 bits per heavy atom. The van der Waals surface area contributed by atoms with Crippen LogP contribution in [0.1, 0.15) is 12.5 Å². The quantitative estimate of drug-likeness (QED) is 0.862. The van der Waals surface area contributed by atoms with Crippen molar-refractivity contribution >= 4 is 10.0 Å². The summed E-state index contributed by atoms with van der Waals surface area (Å²) < 4.78 is 36.9. The van der Waals surface area contributed by atoms with Gasteiger partial charge < -0.3 is 14.6 Å². The number of sulfonamides is 1. The standard InChI is InChI=1S/C13H19NO5S/c1-2-19-13-4-3-12(9-11(13)10-15)20(16,17)14-5-7-18-8-6-14/h3-4,9,15H,2,5-8,10H2,1H3. The van der Waals surface area contributed by atoms with Gasteiger partial charge in [0.1, 0.15) is 5.75 Å². The molecule has 1 fully saturated rings. The second-order valence-electron chi connectivity index (χ2n) is 4.38. The van der Waals surface area contributed by atoms with Crippen molar-refractivity contribution in [2.24, 2.45) is 0 Å². The maximum absolute atomic E-state index is 12.5. The Morgan fingerprint density at radius 2 is 2.05 bits per heavy atom. The van der Waals surface area contributed by atoms with Gasteiger partial charge in [-0.15, -0.1) is 0 Å². The zero-order valence-electron chi connectivity index (χ0n) is 11.4. The molecule has 1 aliphatic rings. The van der Waals surface area contributed by atoms with Gasteiger partial charge in [0.25, 0.3) is 0 Å². The maximum Gasteiger partial charge on any atom is 0.243 e. The third-order valence-corrected chi connectivity index (χ3v) is 5.00. The molecule has 0 bridgehead atoms. The molecular formula is C13H19NO5S. The molecule has 0 radical (unpaired) electrons. The highest BCUT2D eigenvalue weighted by molar-refractivity contribution is 7.89. The fourth-order valence-electron chi connectivity index (χ4n) is 2.07. The first-order valence-electron chi connectivity index (χ1n) is 6.54. The van der Waals surface area contributed by atoms with Gasteiger partial charge in [0, 0.05) is 18.7 Å². The lowest BCUT2D eigenvalue weighted by Gasteiger charge is -2.26. The van der Waals surface area contributed by atoms with E-state index in [-0.39, 0.29) is 11.5 Å². The van der Waals surface area contributed by atoms with E-state index in [9.17, 15) is 13.5 Å². The molecule has 2 rings (SSSR count). The van der Waals surface area contributed by atoms with Crippen LogP contribution in [0, 0.1) is 0 Å². The van der Waals surface area contributed by atoms with E-state index in [1.165, 1.54) is 16.4 Å². The zero-order chi connectivity index (χ0) is 14.6. The van der Waals surface area contributed by atoms with Crippen LogP contribution in [0.25, 0.3) is 0 Å². The predicted octanol–water partition coefficient (Wildman–Crippen LogP) is 0.599. The molecule has 112 valence electrons. The number of ether oxygens (including phenoxy) is 2. The van der Waals surface area contributed by atoms with Gasteiger partial charge in [-0.05, 0) is 25.1 Å². The number of hydrogen-bond donors (Lipinski definition) is 1. The molecule has 0 saturated carbocycles. The Morgan fingerprint density at radius 3 is 2.65 bits per heavy atom. The molecule has 0 aliphatic carbocycles. The van der Waals surface area contributed by atoms with Crippen molar-refractivity contribution in [2.45, 2.75) is 18.4 Å². The Hall–Kier alpha value is -1.15. The van der Waals surface area contributed by atoms with E-state index in [2.05, 4.69) is 0 Å². The number of aliphatic hydroxyl groups excluding tert-OH is 1. The van der Waals surface area contributed by atoms with Crippen LogP contribution in [0.15, 0.2) is 23.1 Å². The minimum atomic E-state index is -3.54. The van der Waals surface area contributed by atoms with E-state index in [1.807, 2.05) is 6.92 Å². The van der Waals surface area contributed by atoms with Crippen molar-refractivity contribution in [2.75, 3.05) is 32.9 Å². The summed E-state index contributed by atoms with van der Waals surface area (Å²) in [6.07, 6.45) is 0. The molecule has 1 heterocycles. The molecule has 6 nitrogen and oxygen atoms in total. The lowest BCUT2D eigenvalue weighted by atomic mass is 10.2. The van der Waals surface area contributed by atoms with E-state index < -0.39 is 10.0 Å². The van der Waals surface area contributed by atoms with E-state index in [1.54, 1.807) is 6.07 Å². The molecule has 0 aromatic heterocycles. The second-order valence-corrected chi connectivity index (χ2v) is 6.32. The lowest BCUT2D eigenvalue weighted by Crippen LogP contribution is -2.40. The average Bonchev–Trinajstić information content (AvgIpc) is 2.48. The van der Waals surface area contributed by atoms with Crippen LogP contribution in [0.4, 0.5) is 0 Å². The molecule has 0 unspecified atom stereocenters. The number of rotatable bonds is 5. The Kier molecular flexibility index (Phi) is 4.98. The van der Waals surface area contributed by atoms with E-state index >= 15 is 0 Å². The molecule has 20 heavy (non-hydrogen) atoms. The van der Waals surface area contributed by atoms with Crippen molar-refractivity contribution < 1.29 is 23.0 Å². The summed E-state index contributed by atoms with van der Waals surface area (Å²) in [5, 5.41) is 9.34. The van der Waals surface area contributed by atoms with E-state index in [0.717, 1.165) is 0 Å². The third kappa shape index (κ3) is 3.12. The smallest absolute Gasteiger partial charge is 0.243 e. The lowest BCUT2D eigenvalue weighted by molar-refractivity contribution is 0.0730. The topological polar surface area (TPSA) is 76.1 Å². The predicted molar refractivity (Wildman–Crippen MR) is 73.1 cm³/mol. The Balaban J connectivity index is 2.31. The van der Waals surface area contributed by atoms with Crippen LogP contribution in [-0.4, -0.2) is 50.7 Å². The minimum Gasteiger partial charge on any atom is -0.494 e. The molecule has 1 saturated heterocycles. The van der Waals surface area contributed by atoms with Crippen molar-refractivity contribution in [3.8, 4) is 5.75 Å². The highest BCUT2D eigenvalue weighted by atomic mass is 32.2. The SMILES string of the molecule is CCOc1ccc(S(=O)(=O)N2CCOCC2)cc1CO. The first-order valence-corrected chi connectivity index (χ1v) is 7.98. The molecule has 1 N–H and O–H groups in total. The van der Waals surface area contributed by atoms with E-state index in [4.69, 9.17) is 9.47 Å². The summed E-state index contributed by atoms with van der Waals surface area (Å²) in [5.74, 6) is 0.510. The van der Waals surface area contributed by atoms with Crippen molar-refractivity contribution in [3.05, 3.63) is 23.8 Å². The Bertz CT molecular complexity index is 552. The van der Waals surface area contributed by atoms with Gasteiger partial charge in [-0.25, -0.2) is 8.42 Å². The summed E-state index contributed by atoms with van der Waals surface area (Å²) in [6.45, 7) is 3.55. The first-order chi connectivity index (χ1) is 9.59. The number of morpholine rings is 1. The van der Waals surface area contributed by atoms with E-state index in [0.29, 0.717) is 44.2 Å². The summed E-state index contributed by atoms with van der Waals surface area (Å²) >= 11 is 0. The van der Waals surface area contributed by atoms with Gasteiger partial charge in [0.05, 0.1) is 31.3 Å². The minimum absolute atomic E-state index is 0.173. The highest BCUT2D eigenvalue weighted by Gasteiger charge is 2.26. The third-order valence-electron chi connectivity index (χ3n) is 3.11. The second kappa shape index (κ2) is 6.53. The van der Waals surface area contributed by atoms with Gasteiger partial charge in [0.15, 0.2) is 0 Å². The number of hydrogen-bond acceptors (Lipinski definition) is 5. The number of aliphatic hydroxyl groups is 1. The molecule has 1 aliphatic heterocycles.